The van der Waals surface area contributed by atoms with E-state index in [9.17, 15) is 18.0 Å². The van der Waals surface area contributed by atoms with Gasteiger partial charge in [-0.2, -0.15) is 0 Å². The number of ether oxygens (including phenoxy) is 4. The van der Waals surface area contributed by atoms with Crippen LogP contribution in [-0.4, -0.2) is 74.9 Å². The molecule has 3 N–H and O–H groups in total. The number of nitrogens with zero attached hydrogens (tertiary/aromatic N) is 2. The van der Waals surface area contributed by atoms with Crippen molar-refractivity contribution < 1.29 is 41.7 Å². The zero-order chi connectivity index (χ0) is 38.6. The number of benzene rings is 3. The van der Waals surface area contributed by atoms with Crippen LogP contribution in [0.15, 0.2) is 71.8 Å². The maximum atomic E-state index is 15.2. The van der Waals surface area contributed by atoms with Crippen LogP contribution in [0.4, 0.5) is 11.5 Å². The first-order chi connectivity index (χ1) is 25.2. The fraction of sp³-hybridized carbons (Fsp3) is 0.385. The number of sulfone groups is 1. The van der Waals surface area contributed by atoms with E-state index >= 15 is 4.79 Å². The summed E-state index contributed by atoms with van der Waals surface area (Å²) in [6.07, 6.45) is 1.62. The Balaban J connectivity index is 1.71. The first kappa shape index (κ1) is 38.9. The minimum absolute atomic E-state index is 0.0646. The van der Waals surface area contributed by atoms with Gasteiger partial charge in [-0.3, -0.25) is 9.59 Å². The molecule has 1 aliphatic rings. The van der Waals surface area contributed by atoms with Gasteiger partial charge in [-0.25, -0.2) is 18.2 Å². The highest BCUT2D eigenvalue weighted by Gasteiger charge is 2.47. The second kappa shape index (κ2) is 16.1. The number of fused-ring (bicyclic) bond motifs is 1. The number of methoxy groups -OCH3 is 2. The van der Waals surface area contributed by atoms with Crippen molar-refractivity contribution in [3.8, 4) is 11.5 Å². The number of nitrogens with two attached hydrogens (primary N) is 1. The van der Waals surface area contributed by atoms with Crippen LogP contribution in [0.25, 0.3) is 10.8 Å². The number of amides is 1. The lowest BCUT2D eigenvalue weighted by Crippen LogP contribution is -2.40. The molecule has 3 aromatic carbocycles. The molecule has 1 amide bonds. The molecular weight excluding hydrogens is 701 g/mol. The van der Waals surface area contributed by atoms with Gasteiger partial charge in [0.2, 0.25) is 5.91 Å². The van der Waals surface area contributed by atoms with E-state index < -0.39 is 50.9 Å². The Labute approximate surface area is 309 Å². The van der Waals surface area contributed by atoms with Crippen molar-refractivity contribution >= 4 is 50.0 Å². The fourth-order valence-electron chi connectivity index (χ4n) is 6.59. The number of likely N-dealkylation sites (tertiary alicyclic amines) is 1. The zero-order valence-corrected chi connectivity index (χ0v) is 31.7. The lowest BCUT2D eigenvalue weighted by molar-refractivity contribution is -0.147. The van der Waals surface area contributed by atoms with Crippen LogP contribution in [0.3, 0.4) is 0 Å². The van der Waals surface area contributed by atoms with Crippen molar-refractivity contribution in [2.24, 2.45) is 5.92 Å². The molecule has 53 heavy (non-hydrogen) atoms. The Morgan fingerprint density at radius 1 is 0.962 bits per heavy atom. The Morgan fingerprint density at radius 2 is 1.72 bits per heavy atom. The molecule has 13 nitrogen and oxygen atoms in total. The second-order valence-corrected chi connectivity index (χ2v) is 15.7. The van der Waals surface area contributed by atoms with E-state index in [1.54, 1.807) is 56.4 Å². The van der Waals surface area contributed by atoms with Crippen LogP contribution in [0.1, 0.15) is 74.6 Å². The molecule has 1 unspecified atom stereocenters. The molecule has 0 spiro atoms. The number of hydrogen-bond acceptors (Lipinski definition) is 12. The molecule has 4 aromatic rings. The van der Waals surface area contributed by atoms with E-state index in [2.05, 4.69) is 10.3 Å². The molecule has 1 aromatic heterocycles. The number of rotatable bonds is 13. The first-order valence-electron chi connectivity index (χ1n) is 17.4. The summed E-state index contributed by atoms with van der Waals surface area (Å²) in [5, 5.41) is 4.07. The lowest BCUT2D eigenvalue weighted by atomic mass is 9.92. The average molecular weight is 747 g/mol. The van der Waals surface area contributed by atoms with Gasteiger partial charge in [0.05, 0.1) is 54.6 Å². The second-order valence-electron chi connectivity index (χ2n) is 13.2. The SMILES string of the molecule is CCOc1cc(C(Nc2ccc3c(N)nccc3c2)C(=O)N2CC[C@H](C(=O)OC)[C@@H]2c2cc(C(=O)OC)ccc2S(=O)(=O)C(C)C)ccc1OC(C)C. The van der Waals surface area contributed by atoms with Gasteiger partial charge in [0.25, 0.3) is 0 Å². The van der Waals surface area contributed by atoms with E-state index in [0.29, 0.717) is 35.2 Å². The summed E-state index contributed by atoms with van der Waals surface area (Å²) in [6, 6.07) is 14.4. The summed E-state index contributed by atoms with van der Waals surface area (Å²) >= 11 is 0. The smallest absolute Gasteiger partial charge is 0.337 e. The number of hydrogen-bond donors (Lipinski definition) is 2. The molecule has 0 bridgehead atoms. The third-order valence-corrected chi connectivity index (χ3v) is 11.4. The van der Waals surface area contributed by atoms with Crippen molar-refractivity contribution in [3.63, 3.8) is 0 Å². The molecule has 1 aliphatic heterocycles. The number of nitrogen functional groups attached to an aromatic ring is 1. The van der Waals surface area contributed by atoms with Gasteiger partial charge >= 0.3 is 11.9 Å². The van der Waals surface area contributed by atoms with Crippen LogP contribution in [0.2, 0.25) is 0 Å². The largest absolute Gasteiger partial charge is 0.490 e. The minimum Gasteiger partial charge on any atom is -0.490 e. The number of anilines is 2. The van der Waals surface area contributed by atoms with Gasteiger partial charge in [0.1, 0.15) is 11.9 Å². The Kier molecular flexibility index (Phi) is 11.8. The number of aromatic nitrogens is 1. The summed E-state index contributed by atoms with van der Waals surface area (Å²) < 4.78 is 49.8. The minimum atomic E-state index is -3.97. The van der Waals surface area contributed by atoms with Gasteiger partial charge < -0.3 is 34.9 Å². The summed E-state index contributed by atoms with van der Waals surface area (Å²) in [7, 11) is -1.52. The topological polar surface area (TPSA) is 176 Å². The molecular formula is C39H46N4O9S. The molecule has 282 valence electrons. The van der Waals surface area contributed by atoms with Crippen LogP contribution >= 0.6 is 0 Å². The summed E-state index contributed by atoms with van der Waals surface area (Å²) in [5.74, 6) is -1.46. The third kappa shape index (κ3) is 8.02. The maximum absolute atomic E-state index is 15.2. The van der Waals surface area contributed by atoms with Crippen LogP contribution in [0, 0.1) is 5.92 Å². The van der Waals surface area contributed by atoms with Crippen LogP contribution in [0.5, 0.6) is 11.5 Å². The van der Waals surface area contributed by atoms with Crippen LogP contribution < -0.4 is 20.5 Å². The number of carbonyl (C=O) groups excluding carboxylic acids is 3. The van der Waals surface area contributed by atoms with E-state index in [1.807, 2.05) is 26.8 Å². The van der Waals surface area contributed by atoms with Gasteiger partial charge in [-0.05, 0) is 112 Å². The van der Waals surface area contributed by atoms with Crippen molar-refractivity contribution in [2.75, 3.05) is 38.4 Å². The molecule has 3 atom stereocenters. The molecule has 2 heterocycles. The van der Waals surface area contributed by atoms with Gasteiger partial charge in [0.15, 0.2) is 21.3 Å². The predicted molar refractivity (Wildman–Crippen MR) is 201 cm³/mol. The molecule has 1 fully saturated rings. The average Bonchev–Trinajstić information content (AvgIpc) is 3.58. The van der Waals surface area contributed by atoms with E-state index in [4.69, 9.17) is 24.7 Å². The Bertz CT molecular complexity index is 2120. The van der Waals surface area contributed by atoms with Gasteiger partial charge in [-0.1, -0.05) is 6.07 Å². The van der Waals surface area contributed by atoms with Crippen LogP contribution in [-0.2, 0) is 28.9 Å². The number of pyridine rings is 1. The molecule has 0 radical (unpaired) electrons. The van der Waals surface area contributed by atoms with Crippen molar-refractivity contribution in [1.82, 2.24) is 9.88 Å². The van der Waals surface area contributed by atoms with Crippen molar-refractivity contribution in [1.29, 1.82) is 0 Å². The third-order valence-electron chi connectivity index (χ3n) is 9.18. The molecule has 5 rings (SSSR count). The van der Waals surface area contributed by atoms with Gasteiger partial charge in [0, 0.05) is 23.8 Å². The lowest BCUT2D eigenvalue weighted by Gasteiger charge is -2.33. The highest BCUT2D eigenvalue weighted by molar-refractivity contribution is 7.92. The molecule has 0 aliphatic carbocycles. The first-order valence-corrected chi connectivity index (χ1v) is 18.9. The monoisotopic (exact) mass is 746 g/mol. The molecule has 0 saturated carbocycles. The molecule has 14 heteroatoms. The number of esters is 2. The predicted octanol–water partition coefficient (Wildman–Crippen LogP) is 5.89. The number of nitrogens with one attached hydrogen (secondary N) is 1. The normalized spacial score (nSPS) is 16.4. The maximum Gasteiger partial charge on any atom is 0.337 e. The number of carbonyl (C=O) groups is 3. The summed E-state index contributed by atoms with van der Waals surface area (Å²) in [6.45, 7) is 9.13. The highest BCUT2D eigenvalue weighted by atomic mass is 32.2. The quantitative estimate of drug-likeness (QED) is 0.156. The van der Waals surface area contributed by atoms with E-state index in [-0.39, 0.29) is 35.1 Å². The Morgan fingerprint density at radius 3 is 2.38 bits per heavy atom. The van der Waals surface area contributed by atoms with E-state index in [0.717, 1.165) is 10.8 Å². The van der Waals surface area contributed by atoms with Crippen molar-refractivity contribution in [3.05, 3.63) is 83.6 Å². The standard InChI is InChI=1S/C39H46N4O9S/c1-8-51-32-21-25(9-13-31(32)52-22(2)3)34(42-27-11-12-28-24(19-27)15-17-41-36(28)40)37(44)43-18-16-29(39(46)50-7)35(43)30-20-26(38(45)49-6)10-14-33(30)53(47,48)23(4)5/h9-15,17,19-23,29,34-35,42H,8,16,18H2,1-7H3,(H2,40,41)/t29-,34?,35+/m0/s1. The molecule has 1 saturated heterocycles. The Hall–Kier alpha value is -5.37. The van der Waals surface area contributed by atoms with Gasteiger partial charge in [-0.15, -0.1) is 0 Å². The zero-order valence-electron chi connectivity index (χ0n) is 30.9. The van der Waals surface area contributed by atoms with Crippen molar-refractivity contribution in [2.45, 2.75) is 69.4 Å². The highest BCUT2D eigenvalue weighted by Crippen LogP contribution is 2.44. The summed E-state index contributed by atoms with van der Waals surface area (Å²) in [5.41, 5.74) is 7.39. The summed E-state index contributed by atoms with van der Waals surface area (Å²) in [4.78, 5) is 46.9. The fourth-order valence-corrected chi connectivity index (χ4v) is 7.87. The van der Waals surface area contributed by atoms with E-state index in [1.165, 1.54) is 37.3 Å².